The van der Waals surface area contributed by atoms with Crippen LogP contribution in [0.15, 0.2) is 69.2 Å². The first-order chi connectivity index (χ1) is 13.5. The SMILES string of the molecule is CCC1N=C(Nc2nc(Sc3c(Cl)cccc3Cl)nc3ccccc23)C=C1C. The summed E-state index contributed by atoms with van der Waals surface area (Å²) in [5.41, 5.74) is 2.10. The molecule has 0 saturated heterocycles. The fraction of sp³-hybridized carbons (Fsp3) is 0.190. The van der Waals surface area contributed by atoms with Crippen LogP contribution >= 0.6 is 35.0 Å². The minimum atomic E-state index is 0.228. The van der Waals surface area contributed by atoms with Crippen LogP contribution in [0.5, 0.6) is 0 Å². The molecule has 142 valence electrons. The number of aliphatic imine (C=N–C) groups is 1. The Morgan fingerprint density at radius 3 is 2.50 bits per heavy atom. The maximum Gasteiger partial charge on any atom is 0.195 e. The summed E-state index contributed by atoms with van der Waals surface area (Å²) < 4.78 is 0. The molecule has 0 aliphatic carbocycles. The maximum atomic E-state index is 6.32. The van der Waals surface area contributed by atoms with Gasteiger partial charge in [0, 0.05) is 5.39 Å². The molecule has 1 atom stereocenters. The van der Waals surface area contributed by atoms with Gasteiger partial charge in [0.15, 0.2) is 5.16 Å². The van der Waals surface area contributed by atoms with Gasteiger partial charge in [-0.05, 0) is 61.0 Å². The van der Waals surface area contributed by atoms with E-state index in [1.807, 2.05) is 42.5 Å². The van der Waals surface area contributed by atoms with Crippen LogP contribution in [0.4, 0.5) is 5.82 Å². The second kappa shape index (κ2) is 8.11. The average Bonchev–Trinajstić information content (AvgIpc) is 3.04. The first-order valence-electron chi connectivity index (χ1n) is 8.97. The molecule has 0 spiro atoms. The van der Waals surface area contributed by atoms with Gasteiger partial charge in [-0.2, -0.15) is 0 Å². The van der Waals surface area contributed by atoms with Gasteiger partial charge < -0.3 is 5.32 Å². The highest BCUT2D eigenvalue weighted by molar-refractivity contribution is 7.99. The molecule has 3 aromatic rings. The Morgan fingerprint density at radius 1 is 1.04 bits per heavy atom. The molecule has 2 heterocycles. The third-order valence-corrected chi connectivity index (χ3v) is 6.38. The zero-order chi connectivity index (χ0) is 19.7. The van der Waals surface area contributed by atoms with Crippen molar-refractivity contribution in [1.82, 2.24) is 9.97 Å². The highest BCUT2D eigenvalue weighted by atomic mass is 35.5. The molecule has 4 rings (SSSR count). The van der Waals surface area contributed by atoms with Crippen LogP contribution in [0.25, 0.3) is 10.9 Å². The van der Waals surface area contributed by atoms with Crippen LogP contribution in [-0.2, 0) is 0 Å². The Hall–Kier alpha value is -2.08. The molecule has 4 nitrogen and oxygen atoms in total. The summed E-state index contributed by atoms with van der Waals surface area (Å²) in [7, 11) is 0. The Kier molecular flexibility index (Phi) is 5.58. The predicted octanol–water partition coefficient (Wildman–Crippen LogP) is 6.64. The lowest BCUT2D eigenvalue weighted by molar-refractivity contribution is 0.756. The number of aromatic nitrogens is 2. The first kappa shape index (κ1) is 19.2. The molecule has 0 radical (unpaired) electrons. The molecule has 1 unspecified atom stereocenters. The highest BCUT2D eigenvalue weighted by Crippen LogP contribution is 2.38. The van der Waals surface area contributed by atoms with E-state index < -0.39 is 0 Å². The zero-order valence-electron chi connectivity index (χ0n) is 15.4. The molecule has 0 saturated carbocycles. The second-order valence-electron chi connectivity index (χ2n) is 6.48. The number of fused-ring (bicyclic) bond motifs is 1. The van der Waals surface area contributed by atoms with Crippen molar-refractivity contribution < 1.29 is 0 Å². The Morgan fingerprint density at radius 2 is 1.79 bits per heavy atom. The molecule has 1 aliphatic heterocycles. The van der Waals surface area contributed by atoms with Gasteiger partial charge in [-0.3, -0.25) is 4.99 Å². The van der Waals surface area contributed by atoms with Crippen LogP contribution in [0.2, 0.25) is 10.0 Å². The smallest absolute Gasteiger partial charge is 0.195 e. The summed E-state index contributed by atoms with van der Waals surface area (Å²) in [6.07, 6.45) is 3.05. The maximum absolute atomic E-state index is 6.32. The number of hydrogen-bond acceptors (Lipinski definition) is 5. The lowest BCUT2D eigenvalue weighted by atomic mass is 10.1. The van der Waals surface area contributed by atoms with Crippen molar-refractivity contribution in [2.45, 2.75) is 36.4 Å². The topological polar surface area (TPSA) is 50.2 Å². The van der Waals surface area contributed by atoms with Crippen molar-refractivity contribution in [2.24, 2.45) is 4.99 Å². The number of para-hydroxylation sites is 1. The third-order valence-electron chi connectivity index (χ3n) is 4.51. The van der Waals surface area contributed by atoms with Gasteiger partial charge in [0.2, 0.25) is 0 Å². The van der Waals surface area contributed by atoms with Crippen LogP contribution in [0, 0.1) is 0 Å². The van der Waals surface area contributed by atoms with Gasteiger partial charge in [-0.15, -0.1) is 0 Å². The molecule has 1 N–H and O–H groups in total. The van der Waals surface area contributed by atoms with Crippen molar-refractivity contribution in [3.8, 4) is 0 Å². The Labute approximate surface area is 178 Å². The van der Waals surface area contributed by atoms with E-state index in [9.17, 15) is 0 Å². The number of amidine groups is 1. The largest absolute Gasteiger partial charge is 0.325 e. The van der Waals surface area contributed by atoms with Crippen LogP contribution in [-0.4, -0.2) is 21.8 Å². The van der Waals surface area contributed by atoms with Crippen molar-refractivity contribution >= 4 is 57.5 Å². The molecule has 1 aliphatic rings. The van der Waals surface area contributed by atoms with Crippen LogP contribution in [0.1, 0.15) is 20.3 Å². The van der Waals surface area contributed by atoms with Crippen molar-refractivity contribution in [2.75, 3.05) is 5.32 Å². The zero-order valence-corrected chi connectivity index (χ0v) is 17.7. The van der Waals surface area contributed by atoms with Crippen LogP contribution < -0.4 is 5.32 Å². The number of rotatable bonds is 4. The van der Waals surface area contributed by atoms with E-state index in [0.717, 1.165) is 33.9 Å². The molecular formula is C21H18Cl2N4S. The Bertz CT molecular complexity index is 1090. The number of hydrogen-bond donors (Lipinski definition) is 1. The van der Waals surface area contributed by atoms with Gasteiger partial charge >= 0.3 is 0 Å². The van der Waals surface area contributed by atoms with Crippen molar-refractivity contribution in [3.05, 3.63) is 64.2 Å². The Balaban J connectivity index is 1.74. The molecule has 28 heavy (non-hydrogen) atoms. The van der Waals surface area contributed by atoms with Gasteiger partial charge in [0.25, 0.3) is 0 Å². The molecular weight excluding hydrogens is 411 g/mol. The average molecular weight is 429 g/mol. The molecule has 1 aromatic heterocycles. The van der Waals surface area contributed by atoms with E-state index in [2.05, 4.69) is 30.2 Å². The summed E-state index contributed by atoms with van der Waals surface area (Å²) in [5.74, 6) is 1.54. The normalized spacial score (nSPS) is 16.2. The lowest BCUT2D eigenvalue weighted by Gasteiger charge is -2.11. The number of nitrogens with one attached hydrogen (secondary N) is 1. The van der Waals surface area contributed by atoms with Gasteiger partial charge in [-0.1, -0.05) is 48.3 Å². The van der Waals surface area contributed by atoms with E-state index in [0.29, 0.717) is 15.2 Å². The third kappa shape index (κ3) is 3.88. The quantitative estimate of drug-likeness (QED) is 0.473. The fourth-order valence-electron chi connectivity index (χ4n) is 3.09. The van der Waals surface area contributed by atoms with Gasteiger partial charge in [0.1, 0.15) is 11.7 Å². The van der Waals surface area contributed by atoms with E-state index in [1.54, 1.807) is 0 Å². The standard InChI is InChI=1S/C21H18Cl2N4S/c1-3-16-12(2)11-18(24-16)26-20-13-7-4-5-10-17(13)25-21(27-20)28-19-14(22)8-6-9-15(19)23/h4-11,16H,3H2,1-2H3,(H,24,25,26,27). The minimum Gasteiger partial charge on any atom is -0.325 e. The molecule has 0 fully saturated rings. The summed E-state index contributed by atoms with van der Waals surface area (Å²) in [5, 5.41) is 6.04. The molecule has 7 heteroatoms. The highest BCUT2D eigenvalue weighted by Gasteiger charge is 2.18. The summed E-state index contributed by atoms with van der Waals surface area (Å²) >= 11 is 14.0. The number of anilines is 1. The number of halogens is 2. The van der Waals surface area contributed by atoms with Crippen molar-refractivity contribution in [3.63, 3.8) is 0 Å². The summed E-state index contributed by atoms with van der Waals surface area (Å²) in [6.45, 7) is 4.24. The molecule has 2 aromatic carbocycles. The van der Waals surface area contributed by atoms with E-state index in [4.69, 9.17) is 33.2 Å². The fourth-order valence-corrected chi connectivity index (χ4v) is 4.51. The number of nitrogens with zero attached hydrogens (tertiary/aromatic N) is 3. The van der Waals surface area contributed by atoms with Gasteiger partial charge in [-0.25, -0.2) is 9.97 Å². The lowest BCUT2D eigenvalue weighted by Crippen LogP contribution is -2.10. The van der Waals surface area contributed by atoms with Gasteiger partial charge in [0.05, 0.1) is 26.5 Å². The molecule has 0 amide bonds. The summed E-state index contributed by atoms with van der Waals surface area (Å²) in [4.78, 5) is 14.9. The number of benzene rings is 2. The predicted molar refractivity (Wildman–Crippen MR) is 119 cm³/mol. The minimum absolute atomic E-state index is 0.228. The summed E-state index contributed by atoms with van der Waals surface area (Å²) in [6, 6.07) is 13.6. The van der Waals surface area contributed by atoms with E-state index in [1.165, 1.54) is 17.3 Å². The second-order valence-corrected chi connectivity index (χ2v) is 8.27. The first-order valence-corrected chi connectivity index (χ1v) is 10.5. The molecule has 0 bridgehead atoms. The van der Waals surface area contributed by atoms with E-state index in [-0.39, 0.29) is 6.04 Å². The van der Waals surface area contributed by atoms with E-state index >= 15 is 0 Å². The monoisotopic (exact) mass is 428 g/mol. The van der Waals surface area contributed by atoms with Crippen molar-refractivity contribution in [1.29, 1.82) is 0 Å². The van der Waals surface area contributed by atoms with Crippen LogP contribution in [0.3, 0.4) is 0 Å².